The molecule has 0 bridgehead atoms. The zero-order chi connectivity index (χ0) is 10.6. The SMILES string of the molecule is C=CCC(C=C)C=NCCCCCC. The van der Waals surface area contributed by atoms with Gasteiger partial charge in [-0.3, -0.25) is 4.99 Å². The first-order valence-corrected chi connectivity index (χ1v) is 5.58. The lowest BCUT2D eigenvalue weighted by atomic mass is 10.1. The maximum Gasteiger partial charge on any atom is 0.0385 e. The number of rotatable bonds is 9. The Morgan fingerprint density at radius 1 is 1.21 bits per heavy atom. The molecule has 0 aliphatic rings. The lowest BCUT2D eigenvalue weighted by molar-refractivity contribution is 0.674. The molecule has 1 atom stereocenters. The molecule has 0 aromatic heterocycles. The van der Waals surface area contributed by atoms with E-state index in [0.29, 0.717) is 5.92 Å². The molecule has 0 amide bonds. The molecule has 0 saturated heterocycles. The average molecular weight is 193 g/mol. The van der Waals surface area contributed by atoms with Crippen LogP contribution in [0.3, 0.4) is 0 Å². The molecule has 14 heavy (non-hydrogen) atoms. The van der Waals surface area contributed by atoms with Gasteiger partial charge in [-0.05, 0) is 12.8 Å². The molecule has 0 radical (unpaired) electrons. The highest BCUT2D eigenvalue weighted by atomic mass is 14.7. The minimum absolute atomic E-state index is 0.374. The summed E-state index contributed by atoms with van der Waals surface area (Å²) in [5.41, 5.74) is 0. The highest BCUT2D eigenvalue weighted by Crippen LogP contribution is 2.02. The Kier molecular flexibility index (Phi) is 9.61. The second-order valence-electron chi connectivity index (χ2n) is 3.54. The zero-order valence-corrected chi connectivity index (χ0v) is 9.41. The van der Waals surface area contributed by atoms with E-state index in [-0.39, 0.29) is 0 Å². The summed E-state index contributed by atoms with van der Waals surface area (Å²) in [5, 5.41) is 0. The van der Waals surface area contributed by atoms with Gasteiger partial charge in [0.15, 0.2) is 0 Å². The number of nitrogens with zero attached hydrogens (tertiary/aromatic N) is 1. The minimum Gasteiger partial charge on any atom is -0.297 e. The fourth-order valence-corrected chi connectivity index (χ4v) is 1.25. The van der Waals surface area contributed by atoms with Gasteiger partial charge in [0.1, 0.15) is 0 Å². The lowest BCUT2D eigenvalue weighted by Gasteiger charge is -2.01. The van der Waals surface area contributed by atoms with Crippen molar-refractivity contribution in [3.8, 4) is 0 Å². The standard InChI is InChI=1S/C13H23N/c1-4-7-8-9-11-14-12-13(6-3)10-5-2/h5-6,12-13H,2-4,7-11H2,1H3. The first-order chi connectivity index (χ1) is 6.85. The van der Waals surface area contributed by atoms with E-state index >= 15 is 0 Å². The van der Waals surface area contributed by atoms with Gasteiger partial charge in [0, 0.05) is 18.7 Å². The Bertz CT molecular complexity index is 170. The molecule has 0 rings (SSSR count). The third-order valence-electron chi connectivity index (χ3n) is 2.18. The summed E-state index contributed by atoms with van der Waals surface area (Å²) in [6, 6.07) is 0. The van der Waals surface area contributed by atoms with Gasteiger partial charge in [0.25, 0.3) is 0 Å². The van der Waals surface area contributed by atoms with E-state index in [1.54, 1.807) is 0 Å². The normalized spacial score (nSPS) is 12.9. The molecule has 0 heterocycles. The Hall–Kier alpha value is -0.850. The molecule has 0 aromatic rings. The molecule has 1 heteroatoms. The van der Waals surface area contributed by atoms with Crippen molar-refractivity contribution >= 4 is 6.21 Å². The maximum absolute atomic E-state index is 4.39. The van der Waals surface area contributed by atoms with Gasteiger partial charge in [-0.25, -0.2) is 0 Å². The van der Waals surface area contributed by atoms with Crippen LogP contribution in [0.4, 0.5) is 0 Å². The molecule has 0 aliphatic carbocycles. The van der Waals surface area contributed by atoms with Gasteiger partial charge in [0.05, 0.1) is 0 Å². The third-order valence-corrected chi connectivity index (χ3v) is 2.18. The first kappa shape index (κ1) is 13.2. The van der Waals surface area contributed by atoms with Crippen LogP contribution in [0.5, 0.6) is 0 Å². The second kappa shape index (κ2) is 10.2. The van der Waals surface area contributed by atoms with E-state index < -0.39 is 0 Å². The van der Waals surface area contributed by atoms with Crippen molar-refractivity contribution in [3.63, 3.8) is 0 Å². The summed E-state index contributed by atoms with van der Waals surface area (Å²) in [7, 11) is 0. The van der Waals surface area contributed by atoms with E-state index in [9.17, 15) is 0 Å². The highest BCUT2D eigenvalue weighted by Gasteiger charge is 1.95. The Morgan fingerprint density at radius 2 is 2.00 bits per heavy atom. The summed E-state index contributed by atoms with van der Waals surface area (Å²) in [6.45, 7) is 10.7. The van der Waals surface area contributed by atoms with Crippen molar-refractivity contribution in [2.75, 3.05) is 6.54 Å². The smallest absolute Gasteiger partial charge is 0.0385 e. The number of hydrogen-bond donors (Lipinski definition) is 0. The highest BCUT2D eigenvalue weighted by molar-refractivity contribution is 5.63. The van der Waals surface area contributed by atoms with Crippen LogP contribution in [0.15, 0.2) is 30.3 Å². The monoisotopic (exact) mass is 193 g/mol. The Labute approximate surface area is 88.6 Å². The number of unbranched alkanes of at least 4 members (excludes halogenated alkanes) is 3. The zero-order valence-electron chi connectivity index (χ0n) is 9.41. The van der Waals surface area contributed by atoms with E-state index in [0.717, 1.165) is 13.0 Å². The summed E-state index contributed by atoms with van der Waals surface area (Å²) < 4.78 is 0. The predicted molar refractivity (Wildman–Crippen MR) is 66.0 cm³/mol. The van der Waals surface area contributed by atoms with Gasteiger partial charge < -0.3 is 0 Å². The molecule has 0 saturated carbocycles. The van der Waals surface area contributed by atoms with Crippen LogP contribution in [0.1, 0.15) is 39.0 Å². The second-order valence-corrected chi connectivity index (χ2v) is 3.54. The summed E-state index contributed by atoms with van der Waals surface area (Å²) in [4.78, 5) is 4.39. The van der Waals surface area contributed by atoms with Gasteiger partial charge in [-0.15, -0.1) is 13.2 Å². The average Bonchev–Trinajstić information content (AvgIpc) is 2.21. The summed E-state index contributed by atoms with van der Waals surface area (Å²) in [5.74, 6) is 0.374. The lowest BCUT2D eigenvalue weighted by Crippen LogP contribution is -1.96. The number of allylic oxidation sites excluding steroid dienone is 2. The van der Waals surface area contributed by atoms with E-state index in [1.165, 1.54) is 25.7 Å². The Morgan fingerprint density at radius 3 is 2.57 bits per heavy atom. The largest absolute Gasteiger partial charge is 0.297 e. The number of hydrogen-bond acceptors (Lipinski definition) is 1. The van der Waals surface area contributed by atoms with Crippen molar-refractivity contribution in [1.29, 1.82) is 0 Å². The van der Waals surface area contributed by atoms with Gasteiger partial charge >= 0.3 is 0 Å². The van der Waals surface area contributed by atoms with Crippen molar-refractivity contribution < 1.29 is 0 Å². The summed E-state index contributed by atoms with van der Waals surface area (Å²) >= 11 is 0. The van der Waals surface area contributed by atoms with Crippen LogP contribution >= 0.6 is 0 Å². The molecule has 0 aliphatic heterocycles. The van der Waals surface area contributed by atoms with Crippen LogP contribution in [0, 0.1) is 5.92 Å². The van der Waals surface area contributed by atoms with Crippen molar-refractivity contribution in [3.05, 3.63) is 25.3 Å². The van der Waals surface area contributed by atoms with Crippen LogP contribution in [0.2, 0.25) is 0 Å². The van der Waals surface area contributed by atoms with Crippen LogP contribution < -0.4 is 0 Å². The van der Waals surface area contributed by atoms with Crippen LogP contribution in [-0.4, -0.2) is 12.8 Å². The minimum atomic E-state index is 0.374. The summed E-state index contributed by atoms with van der Waals surface area (Å²) in [6.07, 6.45) is 11.9. The molecule has 0 spiro atoms. The maximum atomic E-state index is 4.39. The van der Waals surface area contributed by atoms with Gasteiger partial charge in [-0.2, -0.15) is 0 Å². The fraction of sp³-hybridized carbons (Fsp3) is 0.615. The molecular formula is C13H23N. The topological polar surface area (TPSA) is 12.4 Å². The van der Waals surface area contributed by atoms with Crippen LogP contribution in [-0.2, 0) is 0 Å². The molecule has 1 unspecified atom stereocenters. The molecule has 0 N–H and O–H groups in total. The molecule has 1 nitrogen and oxygen atoms in total. The van der Waals surface area contributed by atoms with E-state index in [4.69, 9.17) is 0 Å². The fourth-order valence-electron chi connectivity index (χ4n) is 1.25. The Balaban J connectivity index is 3.48. The van der Waals surface area contributed by atoms with Crippen molar-refractivity contribution in [2.45, 2.75) is 39.0 Å². The predicted octanol–water partition coefficient (Wildman–Crippen LogP) is 4.02. The molecular weight excluding hydrogens is 170 g/mol. The van der Waals surface area contributed by atoms with Crippen molar-refractivity contribution in [1.82, 2.24) is 0 Å². The molecule has 0 aromatic carbocycles. The quantitative estimate of drug-likeness (QED) is 0.298. The van der Waals surface area contributed by atoms with Crippen LogP contribution in [0.25, 0.3) is 0 Å². The first-order valence-electron chi connectivity index (χ1n) is 5.58. The number of aliphatic imine (C=N–C) groups is 1. The van der Waals surface area contributed by atoms with Crippen molar-refractivity contribution in [2.24, 2.45) is 10.9 Å². The third kappa shape index (κ3) is 7.78. The van der Waals surface area contributed by atoms with E-state index in [2.05, 4.69) is 25.1 Å². The van der Waals surface area contributed by atoms with Gasteiger partial charge in [0.2, 0.25) is 0 Å². The molecule has 0 fully saturated rings. The van der Waals surface area contributed by atoms with Gasteiger partial charge in [-0.1, -0.05) is 38.3 Å². The molecule has 80 valence electrons. The van der Waals surface area contributed by atoms with E-state index in [1.807, 2.05) is 18.4 Å².